The molecule has 3 aromatic heterocycles. The van der Waals surface area contributed by atoms with Gasteiger partial charge in [0.25, 0.3) is 11.8 Å². The maximum Gasteiger partial charge on any atom is 0.271 e. The number of carbonyl (C=O) groups excluding carboxylic acids is 4. The summed E-state index contributed by atoms with van der Waals surface area (Å²) >= 11 is 2.60. The number of nitrogens with one attached hydrogen (secondary N) is 3. The van der Waals surface area contributed by atoms with E-state index in [0.29, 0.717) is 22.9 Å². The van der Waals surface area contributed by atoms with Crippen molar-refractivity contribution in [3.63, 3.8) is 0 Å². The molecule has 3 N–H and O–H groups in total. The summed E-state index contributed by atoms with van der Waals surface area (Å²) in [6.45, 7) is 4.25. The largest absolute Gasteiger partial charge is 0.351 e. The van der Waals surface area contributed by atoms with Crippen molar-refractivity contribution in [2.75, 3.05) is 19.6 Å². The Morgan fingerprint density at radius 2 is 1.70 bits per heavy atom. The molecule has 2 atom stereocenters. The summed E-state index contributed by atoms with van der Waals surface area (Å²) in [6, 6.07) is 10.5. The highest BCUT2D eigenvalue weighted by Crippen LogP contribution is 2.27. The fourth-order valence-electron chi connectivity index (χ4n) is 4.77. The van der Waals surface area contributed by atoms with Crippen LogP contribution in [0.15, 0.2) is 59.6 Å². The van der Waals surface area contributed by atoms with Gasteiger partial charge in [-0.3, -0.25) is 23.9 Å². The van der Waals surface area contributed by atoms with Crippen LogP contribution in [0.2, 0.25) is 0 Å². The number of hydrogen-bond acceptors (Lipinski definition) is 9. The zero-order chi connectivity index (χ0) is 31.1. The van der Waals surface area contributed by atoms with E-state index in [9.17, 15) is 19.2 Å². The van der Waals surface area contributed by atoms with Gasteiger partial charge in [0.05, 0.1) is 18.6 Å². The number of benzene rings is 1. The fraction of sp³-hybridized carbons (Fsp3) is 0.367. The number of carbonyl (C=O) groups is 4. The first kappa shape index (κ1) is 31.0. The lowest BCUT2D eigenvalue weighted by Gasteiger charge is -2.24. The Labute approximate surface area is 262 Å². The van der Waals surface area contributed by atoms with Crippen LogP contribution in [0.4, 0.5) is 0 Å². The Bertz CT molecular complexity index is 1580. The molecule has 0 saturated carbocycles. The van der Waals surface area contributed by atoms with Crippen LogP contribution in [0.5, 0.6) is 0 Å². The molecule has 5 rings (SSSR count). The summed E-state index contributed by atoms with van der Waals surface area (Å²) in [5, 5.41) is 17.6. The Morgan fingerprint density at radius 3 is 2.43 bits per heavy atom. The molecule has 12 nitrogen and oxygen atoms in total. The molecule has 0 fully saturated rings. The quantitative estimate of drug-likeness (QED) is 0.305. The molecule has 0 saturated heterocycles. The van der Waals surface area contributed by atoms with E-state index in [2.05, 4.69) is 31.0 Å². The average Bonchev–Trinajstić information content (AvgIpc) is 3.79. The Balaban J connectivity index is 1.44. The molecule has 0 radical (unpaired) electrons. The Kier molecular flexibility index (Phi) is 10.1. The molecule has 230 valence electrons. The highest BCUT2D eigenvalue weighted by molar-refractivity contribution is 7.10. The normalized spacial score (nSPS) is 18.5. The van der Waals surface area contributed by atoms with Crippen molar-refractivity contribution in [1.82, 2.24) is 40.6 Å². The van der Waals surface area contributed by atoms with Gasteiger partial charge < -0.3 is 20.9 Å². The molecule has 1 aromatic carbocycles. The number of rotatable bonds is 5. The number of thiazole rings is 2. The first-order chi connectivity index (χ1) is 21.3. The van der Waals surface area contributed by atoms with E-state index in [1.807, 2.05) is 44.2 Å². The van der Waals surface area contributed by atoms with Crippen LogP contribution in [-0.4, -0.2) is 67.9 Å². The first-order valence-electron chi connectivity index (χ1n) is 14.3. The minimum atomic E-state index is -0.525. The average molecular weight is 635 g/mol. The lowest BCUT2D eigenvalue weighted by molar-refractivity contribution is -0.137. The molecule has 1 aliphatic heterocycles. The van der Waals surface area contributed by atoms with E-state index in [0.717, 1.165) is 5.56 Å². The van der Waals surface area contributed by atoms with Crippen LogP contribution in [0.25, 0.3) is 0 Å². The highest BCUT2D eigenvalue weighted by Gasteiger charge is 2.27. The molecule has 0 aliphatic carbocycles. The van der Waals surface area contributed by atoms with Gasteiger partial charge in [-0.05, 0) is 30.4 Å². The van der Waals surface area contributed by atoms with Gasteiger partial charge in [0.1, 0.15) is 27.9 Å². The molecular weight excluding hydrogens is 601 g/mol. The fourth-order valence-corrected chi connectivity index (χ4v) is 6.64. The van der Waals surface area contributed by atoms with Gasteiger partial charge in [-0.15, -0.1) is 22.7 Å². The van der Waals surface area contributed by atoms with Gasteiger partial charge >= 0.3 is 0 Å². The monoisotopic (exact) mass is 634 g/mol. The van der Waals surface area contributed by atoms with E-state index < -0.39 is 12.1 Å². The molecule has 0 unspecified atom stereocenters. The highest BCUT2D eigenvalue weighted by atomic mass is 32.1. The zero-order valence-electron chi connectivity index (χ0n) is 24.4. The molecule has 0 spiro atoms. The smallest absolute Gasteiger partial charge is 0.271 e. The van der Waals surface area contributed by atoms with Crippen LogP contribution in [-0.2, 0) is 22.6 Å². The topological polar surface area (TPSA) is 151 Å². The number of hydrogen-bond donors (Lipinski definition) is 3. The van der Waals surface area contributed by atoms with E-state index in [4.69, 9.17) is 0 Å². The summed E-state index contributed by atoms with van der Waals surface area (Å²) in [6.07, 6.45) is 4.14. The van der Waals surface area contributed by atoms with Crippen molar-refractivity contribution in [2.24, 2.45) is 5.92 Å². The lowest BCUT2D eigenvalue weighted by atomic mass is 10.0. The van der Waals surface area contributed by atoms with Crippen molar-refractivity contribution >= 4 is 46.3 Å². The lowest BCUT2D eigenvalue weighted by Crippen LogP contribution is -2.44. The Morgan fingerprint density at radius 1 is 0.977 bits per heavy atom. The third-order valence-electron chi connectivity index (χ3n) is 7.08. The SMILES string of the molecule is CC(C)[C@@H]1NC(=O)c2csc(n2)[C@H](Cc2ccccc2)NC(=O)CN(C(=O)Cn2cccn2)CCCNC(=O)c2csc1n2. The van der Waals surface area contributed by atoms with Crippen molar-refractivity contribution < 1.29 is 19.2 Å². The second kappa shape index (κ2) is 14.4. The van der Waals surface area contributed by atoms with E-state index in [-0.39, 0.29) is 67.1 Å². The maximum absolute atomic E-state index is 13.5. The molecular formula is C30H34N8O4S2. The minimum absolute atomic E-state index is 0.00334. The molecule has 4 heterocycles. The van der Waals surface area contributed by atoms with Crippen molar-refractivity contribution in [3.8, 4) is 0 Å². The van der Waals surface area contributed by atoms with Crippen LogP contribution in [0.1, 0.15) is 68.9 Å². The molecule has 1 aliphatic rings. The number of amides is 4. The summed E-state index contributed by atoms with van der Waals surface area (Å²) in [4.78, 5) is 63.5. The zero-order valence-corrected chi connectivity index (χ0v) is 26.1. The van der Waals surface area contributed by atoms with Crippen molar-refractivity contribution in [1.29, 1.82) is 0 Å². The minimum Gasteiger partial charge on any atom is -0.351 e. The van der Waals surface area contributed by atoms with Gasteiger partial charge in [0.15, 0.2) is 0 Å². The third kappa shape index (κ3) is 7.94. The maximum atomic E-state index is 13.5. The molecule has 14 heteroatoms. The summed E-state index contributed by atoms with van der Waals surface area (Å²) < 4.78 is 1.50. The van der Waals surface area contributed by atoms with Gasteiger partial charge in [0.2, 0.25) is 11.8 Å². The molecule has 4 bridgehead atoms. The molecule has 4 aromatic rings. The van der Waals surface area contributed by atoms with Crippen molar-refractivity contribution in [2.45, 2.75) is 45.3 Å². The van der Waals surface area contributed by atoms with Crippen molar-refractivity contribution in [3.05, 3.63) is 86.5 Å². The number of aromatic nitrogens is 4. The third-order valence-corrected chi connectivity index (χ3v) is 8.96. The Hall–Kier alpha value is -4.43. The predicted octanol–water partition coefficient (Wildman–Crippen LogP) is 2.99. The van der Waals surface area contributed by atoms with Gasteiger partial charge in [-0.25, -0.2) is 9.97 Å². The van der Waals surface area contributed by atoms with Gasteiger partial charge in [0, 0.05) is 36.2 Å². The second-order valence-electron chi connectivity index (χ2n) is 10.8. The van der Waals surface area contributed by atoms with Crippen LogP contribution >= 0.6 is 22.7 Å². The second-order valence-corrected chi connectivity index (χ2v) is 12.6. The van der Waals surface area contributed by atoms with Crippen LogP contribution in [0, 0.1) is 5.92 Å². The van der Waals surface area contributed by atoms with E-state index >= 15 is 0 Å². The van der Waals surface area contributed by atoms with E-state index in [1.165, 1.54) is 32.3 Å². The first-order valence-corrected chi connectivity index (χ1v) is 16.1. The molecule has 44 heavy (non-hydrogen) atoms. The van der Waals surface area contributed by atoms with Gasteiger partial charge in [-0.1, -0.05) is 44.2 Å². The van der Waals surface area contributed by atoms with Crippen LogP contribution < -0.4 is 16.0 Å². The van der Waals surface area contributed by atoms with E-state index in [1.54, 1.807) is 29.2 Å². The number of nitrogens with zero attached hydrogens (tertiary/aromatic N) is 5. The number of fused-ring (bicyclic) bond motifs is 4. The summed E-state index contributed by atoms with van der Waals surface area (Å²) in [5.74, 6) is -1.36. The summed E-state index contributed by atoms with van der Waals surface area (Å²) in [5.41, 5.74) is 1.47. The van der Waals surface area contributed by atoms with Gasteiger partial charge in [-0.2, -0.15) is 5.10 Å². The summed E-state index contributed by atoms with van der Waals surface area (Å²) in [7, 11) is 0. The standard InChI is InChI=1S/C30H34N8O4S2/c1-19(2)26-30-35-22(17-44-30)27(41)31-10-6-12-37(25(40)16-38-13-7-11-32-38)15-24(39)33-21(14-20-8-4-3-5-9-20)29-34-23(18-43-29)28(42)36-26/h3-5,7-9,11,13,17-19,21,26H,6,10,12,14-16H2,1-2H3,(H,31,41)(H,33,39)(H,36,42)/t21-,26-/m0/s1. The molecule has 4 amide bonds. The van der Waals surface area contributed by atoms with Crippen LogP contribution in [0.3, 0.4) is 0 Å². The predicted molar refractivity (Wildman–Crippen MR) is 166 cm³/mol.